The number of hydrogen-bond donors (Lipinski definition) is 5. The number of aromatic hydroxyl groups is 2. The smallest absolute Gasteiger partial charge is 0.165 e. The fraction of sp³-hybridized carbons (Fsp3) is 0.400. The Morgan fingerprint density at radius 1 is 0.577 bits per heavy atom. The van der Waals surface area contributed by atoms with E-state index in [0.29, 0.717) is 53.1 Å². The van der Waals surface area contributed by atoms with E-state index < -0.39 is 30.1 Å². The number of aliphatic hydroxyl groups excluding tert-OH is 3. The number of phenols is 2. The topological polar surface area (TPSA) is 166 Å². The van der Waals surface area contributed by atoms with Gasteiger partial charge in [0.05, 0.1) is 66.2 Å². The lowest BCUT2D eigenvalue weighted by molar-refractivity contribution is 0.0716. The molecule has 1 saturated heterocycles. The van der Waals surface area contributed by atoms with Crippen LogP contribution in [0.3, 0.4) is 0 Å². The normalized spacial score (nSPS) is 24.5. The second-order valence-electron chi connectivity index (χ2n) is 13.4. The zero-order valence-electron chi connectivity index (χ0n) is 29.4. The first-order chi connectivity index (χ1) is 25.3. The molecule has 0 aliphatic carbocycles. The van der Waals surface area contributed by atoms with Crippen molar-refractivity contribution in [1.29, 1.82) is 0 Å². The fourth-order valence-corrected chi connectivity index (χ4v) is 8.00. The molecule has 0 aromatic heterocycles. The van der Waals surface area contributed by atoms with E-state index in [4.69, 9.17) is 33.2 Å². The van der Waals surface area contributed by atoms with Crippen LogP contribution in [-0.2, 0) is 11.2 Å². The lowest BCUT2D eigenvalue weighted by Gasteiger charge is -2.23. The summed E-state index contributed by atoms with van der Waals surface area (Å²) in [5.41, 5.74) is 4.66. The highest BCUT2D eigenvalue weighted by molar-refractivity contribution is 5.59. The van der Waals surface area contributed by atoms with Crippen molar-refractivity contribution in [3.8, 4) is 46.0 Å². The number of phenolic OH excluding ortho intramolecular Hbond substituents is 2. The van der Waals surface area contributed by atoms with Crippen LogP contribution in [-0.4, -0.2) is 80.4 Å². The minimum absolute atomic E-state index is 0.00456. The molecule has 3 unspecified atom stereocenters. The van der Waals surface area contributed by atoms with Crippen molar-refractivity contribution in [3.05, 3.63) is 94.0 Å². The van der Waals surface area contributed by atoms with E-state index >= 15 is 0 Å². The summed E-state index contributed by atoms with van der Waals surface area (Å²) in [6.45, 7) is -0.149. The molecule has 0 bridgehead atoms. The van der Waals surface area contributed by atoms with E-state index in [1.165, 1.54) is 20.3 Å². The number of benzene rings is 4. The summed E-state index contributed by atoms with van der Waals surface area (Å²) in [6.07, 6.45) is -1.04. The zero-order chi connectivity index (χ0) is 36.7. The van der Waals surface area contributed by atoms with E-state index in [2.05, 4.69) is 0 Å². The Balaban J connectivity index is 1.19. The van der Waals surface area contributed by atoms with Gasteiger partial charge in [-0.3, -0.25) is 0 Å². The molecule has 4 aromatic carbocycles. The molecule has 12 heteroatoms. The van der Waals surface area contributed by atoms with Crippen LogP contribution in [0.1, 0.15) is 63.5 Å². The minimum atomic E-state index is -0.633. The fourth-order valence-electron chi connectivity index (χ4n) is 8.00. The van der Waals surface area contributed by atoms with Crippen LogP contribution in [0, 0.1) is 11.8 Å². The van der Waals surface area contributed by atoms with Crippen molar-refractivity contribution in [2.75, 3.05) is 54.9 Å². The second kappa shape index (κ2) is 14.6. The molecular weight excluding hydrogens is 672 g/mol. The Morgan fingerprint density at radius 2 is 1.08 bits per heavy atom. The summed E-state index contributed by atoms with van der Waals surface area (Å²) in [6, 6.07) is 17.8. The maximum atomic E-state index is 10.9. The quantitative estimate of drug-likeness (QED) is 0.132. The van der Waals surface area contributed by atoms with Crippen LogP contribution in [0.15, 0.2) is 60.7 Å². The van der Waals surface area contributed by atoms with Gasteiger partial charge in [0.2, 0.25) is 0 Å². The van der Waals surface area contributed by atoms with Gasteiger partial charge in [-0.05, 0) is 83.1 Å². The first-order valence-corrected chi connectivity index (χ1v) is 17.2. The van der Waals surface area contributed by atoms with Crippen LogP contribution in [0.25, 0.3) is 0 Å². The zero-order valence-corrected chi connectivity index (χ0v) is 29.4. The van der Waals surface area contributed by atoms with Gasteiger partial charge < -0.3 is 58.7 Å². The number of aliphatic hydroxyl groups is 3. The third-order valence-electron chi connectivity index (χ3n) is 10.7. The molecule has 4 aromatic rings. The van der Waals surface area contributed by atoms with E-state index in [0.717, 1.165) is 27.8 Å². The lowest BCUT2D eigenvalue weighted by atomic mass is 9.82. The van der Waals surface area contributed by atoms with Gasteiger partial charge in [-0.25, -0.2) is 0 Å². The Morgan fingerprint density at radius 3 is 1.62 bits per heavy atom. The van der Waals surface area contributed by atoms with Crippen LogP contribution >= 0.6 is 0 Å². The largest absolute Gasteiger partial charge is 0.504 e. The van der Waals surface area contributed by atoms with Crippen LogP contribution in [0.4, 0.5) is 0 Å². The highest BCUT2D eigenvalue weighted by Crippen LogP contribution is 2.56. The highest BCUT2D eigenvalue weighted by Gasteiger charge is 2.44. The number of methoxy groups -OCH3 is 4. The van der Waals surface area contributed by atoms with Gasteiger partial charge in [-0.2, -0.15) is 0 Å². The van der Waals surface area contributed by atoms with Gasteiger partial charge in [0.1, 0.15) is 12.2 Å². The second-order valence-corrected chi connectivity index (χ2v) is 13.4. The molecule has 0 amide bonds. The average Bonchev–Trinajstić information content (AvgIpc) is 3.87. The van der Waals surface area contributed by atoms with E-state index in [9.17, 15) is 25.5 Å². The van der Waals surface area contributed by atoms with Gasteiger partial charge in [0.25, 0.3) is 0 Å². The third kappa shape index (κ3) is 6.09. The molecule has 3 heterocycles. The molecule has 3 aliphatic rings. The average molecular weight is 717 g/mol. The van der Waals surface area contributed by atoms with Crippen molar-refractivity contribution in [1.82, 2.24) is 0 Å². The lowest BCUT2D eigenvalue weighted by Crippen LogP contribution is -2.21. The van der Waals surface area contributed by atoms with E-state index in [1.54, 1.807) is 38.5 Å². The molecule has 3 aliphatic heterocycles. The molecule has 276 valence electrons. The van der Waals surface area contributed by atoms with Crippen LogP contribution < -0.4 is 28.4 Å². The first-order valence-electron chi connectivity index (χ1n) is 17.2. The predicted octanol–water partition coefficient (Wildman–Crippen LogP) is 5.09. The Kier molecular flexibility index (Phi) is 9.99. The summed E-state index contributed by atoms with van der Waals surface area (Å²) >= 11 is 0. The van der Waals surface area contributed by atoms with Gasteiger partial charge in [0, 0.05) is 23.7 Å². The molecule has 12 nitrogen and oxygen atoms in total. The van der Waals surface area contributed by atoms with Gasteiger partial charge >= 0.3 is 0 Å². The summed E-state index contributed by atoms with van der Waals surface area (Å²) in [5, 5.41) is 52.3. The molecule has 5 N–H and O–H groups in total. The Bertz CT molecular complexity index is 1930. The summed E-state index contributed by atoms with van der Waals surface area (Å²) in [7, 11) is 6.08. The Labute approximate surface area is 301 Å². The molecule has 7 atom stereocenters. The van der Waals surface area contributed by atoms with Crippen molar-refractivity contribution in [2.45, 2.75) is 36.6 Å². The monoisotopic (exact) mass is 716 g/mol. The number of hydrogen-bond acceptors (Lipinski definition) is 12. The molecule has 0 spiro atoms. The SMILES string of the molecule is COc1cc(CC2COC(c3cc(OC)c4c(c3)[C@H](CO)[C@@H](c3cc(OC)c5c(c3)[C@H](CO)[C@@H](c3ccc(O)c(OC)c3)O5)O4)C2CO)ccc1O. The maximum Gasteiger partial charge on any atom is 0.165 e. The Hall–Kier alpha value is -4.88. The molecule has 0 saturated carbocycles. The number of rotatable bonds is 12. The van der Waals surface area contributed by atoms with Crippen molar-refractivity contribution < 1.29 is 58.7 Å². The molecular formula is C40H44O12. The molecule has 7 rings (SSSR count). The third-order valence-corrected chi connectivity index (χ3v) is 10.7. The summed E-state index contributed by atoms with van der Waals surface area (Å²) in [5.74, 6) is 1.46. The first kappa shape index (κ1) is 35.5. The van der Waals surface area contributed by atoms with Gasteiger partial charge in [0.15, 0.2) is 46.0 Å². The van der Waals surface area contributed by atoms with Crippen molar-refractivity contribution in [2.24, 2.45) is 11.8 Å². The summed E-state index contributed by atoms with van der Waals surface area (Å²) in [4.78, 5) is 0. The van der Waals surface area contributed by atoms with Crippen molar-refractivity contribution >= 4 is 0 Å². The standard InChI is InChI=1S/C40H44O12/c1-46-32-10-20(5-7-30(32)44)9-24-19-50-36(27(24)16-41)22-11-25-29(18-43)38(52-40(25)34(14-22)48-3)23-12-26-28(17-42)37(51-39(26)35(15-23)49-4)21-6-8-31(45)33(13-21)47-2/h5-8,10-15,24,27-29,36-38,41-45H,9,16-19H2,1-4H3/t24?,27?,28-,29-,36?,37+,38+/m0/s1. The van der Waals surface area contributed by atoms with Crippen LogP contribution in [0.2, 0.25) is 0 Å². The number of ether oxygens (including phenoxy) is 7. The van der Waals surface area contributed by atoms with E-state index in [-0.39, 0.29) is 43.2 Å². The summed E-state index contributed by atoms with van der Waals surface area (Å²) < 4.78 is 41.6. The van der Waals surface area contributed by atoms with Gasteiger partial charge in [-0.1, -0.05) is 12.1 Å². The highest BCUT2D eigenvalue weighted by atomic mass is 16.5. The number of fused-ring (bicyclic) bond motifs is 2. The van der Waals surface area contributed by atoms with E-state index in [1.807, 2.05) is 30.3 Å². The van der Waals surface area contributed by atoms with Crippen LogP contribution in [0.5, 0.6) is 46.0 Å². The maximum absolute atomic E-state index is 10.9. The molecule has 0 radical (unpaired) electrons. The predicted molar refractivity (Wildman–Crippen MR) is 188 cm³/mol. The molecule has 1 fully saturated rings. The van der Waals surface area contributed by atoms with Gasteiger partial charge in [-0.15, -0.1) is 0 Å². The minimum Gasteiger partial charge on any atom is -0.504 e. The van der Waals surface area contributed by atoms with Crippen molar-refractivity contribution in [3.63, 3.8) is 0 Å². The molecule has 52 heavy (non-hydrogen) atoms.